The second-order valence-corrected chi connectivity index (χ2v) is 7.72. The van der Waals surface area contributed by atoms with E-state index >= 15 is 0 Å². The molecule has 0 aliphatic carbocycles. The molecule has 0 unspecified atom stereocenters. The Morgan fingerprint density at radius 3 is 2.25 bits per heavy atom. The van der Waals surface area contributed by atoms with E-state index in [1.807, 2.05) is 0 Å². The van der Waals surface area contributed by atoms with Gasteiger partial charge < -0.3 is 9.47 Å². The molecule has 0 radical (unpaired) electrons. The van der Waals surface area contributed by atoms with Crippen LogP contribution in [0.2, 0.25) is 0 Å². The lowest BCUT2D eigenvalue weighted by molar-refractivity contribution is -0.290. The van der Waals surface area contributed by atoms with E-state index in [1.165, 1.54) is 32.2 Å². The standard InChI is InChI=1S/C16H15F5N2O4S/c1-3-28(24,25)12-6-7-13(26-2)23-14(12)11-5-4-10(8-22-11)27-9-15(17,18)16(19,20)21/h4-8H,3,9H2,1-2H3. The van der Waals surface area contributed by atoms with E-state index in [2.05, 4.69) is 14.7 Å². The Hall–Kier alpha value is -2.50. The van der Waals surface area contributed by atoms with E-state index in [1.54, 1.807) is 0 Å². The minimum absolute atomic E-state index is 0.0425. The number of aromatic nitrogens is 2. The Bertz CT molecular complexity index is 931. The zero-order valence-corrected chi connectivity index (χ0v) is 15.4. The number of halogens is 5. The number of alkyl halides is 5. The molecular formula is C16H15F5N2O4S. The summed E-state index contributed by atoms with van der Waals surface area (Å²) in [6, 6.07) is 4.91. The van der Waals surface area contributed by atoms with Crippen LogP contribution in [0.5, 0.6) is 11.6 Å². The molecule has 154 valence electrons. The lowest BCUT2D eigenvalue weighted by atomic mass is 10.2. The molecule has 6 nitrogen and oxygen atoms in total. The first-order valence-electron chi connectivity index (χ1n) is 7.73. The summed E-state index contributed by atoms with van der Waals surface area (Å²) in [5, 5.41) is 0. The molecule has 2 aromatic rings. The van der Waals surface area contributed by atoms with Crippen LogP contribution in [0.25, 0.3) is 11.4 Å². The SMILES string of the molecule is CCS(=O)(=O)c1ccc(OC)nc1-c1ccc(OCC(F)(F)C(F)(F)F)cn1. The summed E-state index contributed by atoms with van der Waals surface area (Å²) in [4.78, 5) is 7.79. The Morgan fingerprint density at radius 1 is 1.07 bits per heavy atom. The lowest BCUT2D eigenvalue weighted by Gasteiger charge is -2.19. The molecule has 12 heteroatoms. The fourth-order valence-electron chi connectivity index (χ4n) is 1.99. The quantitative estimate of drug-likeness (QED) is 0.631. The van der Waals surface area contributed by atoms with Crippen molar-refractivity contribution in [1.82, 2.24) is 9.97 Å². The zero-order valence-electron chi connectivity index (χ0n) is 14.6. The monoisotopic (exact) mass is 426 g/mol. The van der Waals surface area contributed by atoms with Gasteiger partial charge in [0, 0.05) is 6.07 Å². The van der Waals surface area contributed by atoms with Crippen LogP contribution in [-0.2, 0) is 9.84 Å². The molecule has 0 amide bonds. The molecule has 0 saturated heterocycles. The van der Waals surface area contributed by atoms with Crippen LogP contribution < -0.4 is 9.47 Å². The van der Waals surface area contributed by atoms with Crippen LogP contribution >= 0.6 is 0 Å². The van der Waals surface area contributed by atoms with Gasteiger partial charge in [0.1, 0.15) is 11.4 Å². The van der Waals surface area contributed by atoms with Crippen molar-refractivity contribution in [2.24, 2.45) is 0 Å². The maximum atomic E-state index is 12.9. The Labute approximate surface area is 157 Å². The maximum Gasteiger partial charge on any atom is 0.456 e. The summed E-state index contributed by atoms with van der Waals surface area (Å²) >= 11 is 0. The molecular weight excluding hydrogens is 411 g/mol. The molecule has 0 N–H and O–H groups in total. The first-order chi connectivity index (χ1) is 12.9. The van der Waals surface area contributed by atoms with Crippen LogP contribution in [0.1, 0.15) is 6.92 Å². The van der Waals surface area contributed by atoms with Gasteiger partial charge in [-0.25, -0.2) is 13.4 Å². The highest BCUT2D eigenvalue weighted by Gasteiger charge is 2.58. The predicted molar refractivity (Wildman–Crippen MR) is 88.2 cm³/mol. The summed E-state index contributed by atoms with van der Waals surface area (Å²) in [6.45, 7) is -0.473. The molecule has 2 rings (SSSR count). The fraction of sp³-hybridized carbons (Fsp3) is 0.375. The Kier molecular flexibility index (Phi) is 6.12. The third kappa shape index (κ3) is 4.66. The Morgan fingerprint density at radius 2 is 1.75 bits per heavy atom. The highest BCUT2D eigenvalue weighted by atomic mass is 32.2. The van der Waals surface area contributed by atoms with Crippen LogP contribution in [-0.4, -0.2) is 50.0 Å². The van der Waals surface area contributed by atoms with E-state index < -0.39 is 28.5 Å². The normalized spacial score (nSPS) is 12.7. The second kappa shape index (κ2) is 7.86. The van der Waals surface area contributed by atoms with Crippen LogP contribution in [0.4, 0.5) is 22.0 Å². The molecule has 2 aromatic heterocycles. The van der Waals surface area contributed by atoms with Crippen LogP contribution in [0.3, 0.4) is 0 Å². The average Bonchev–Trinajstić information content (AvgIpc) is 2.65. The van der Waals surface area contributed by atoms with Crippen molar-refractivity contribution in [2.45, 2.75) is 23.9 Å². The fourth-order valence-corrected chi connectivity index (χ4v) is 3.02. The van der Waals surface area contributed by atoms with Gasteiger partial charge in [0.25, 0.3) is 0 Å². The average molecular weight is 426 g/mol. The molecule has 0 fully saturated rings. The topological polar surface area (TPSA) is 78.4 Å². The van der Waals surface area contributed by atoms with Gasteiger partial charge in [0.15, 0.2) is 16.4 Å². The molecule has 2 heterocycles. The van der Waals surface area contributed by atoms with Gasteiger partial charge in [0.05, 0.1) is 29.6 Å². The van der Waals surface area contributed by atoms with Crippen molar-refractivity contribution in [3.8, 4) is 23.0 Å². The number of pyridine rings is 2. The molecule has 0 spiro atoms. The van der Waals surface area contributed by atoms with Crippen molar-refractivity contribution >= 4 is 9.84 Å². The number of hydrogen-bond donors (Lipinski definition) is 0. The van der Waals surface area contributed by atoms with E-state index in [0.29, 0.717) is 0 Å². The van der Waals surface area contributed by atoms with Gasteiger partial charge in [-0.1, -0.05) is 6.92 Å². The summed E-state index contributed by atoms with van der Waals surface area (Å²) in [5.74, 6) is -5.48. The summed E-state index contributed by atoms with van der Waals surface area (Å²) in [6.07, 6.45) is -4.85. The van der Waals surface area contributed by atoms with E-state index in [0.717, 1.165) is 12.3 Å². The first-order valence-corrected chi connectivity index (χ1v) is 9.38. The number of rotatable bonds is 7. The van der Waals surface area contributed by atoms with Crippen molar-refractivity contribution < 1.29 is 39.8 Å². The molecule has 0 bridgehead atoms. The van der Waals surface area contributed by atoms with Crippen molar-refractivity contribution in [3.63, 3.8) is 0 Å². The summed E-state index contributed by atoms with van der Waals surface area (Å²) in [7, 11) is -2.35. The number of nitrogens with zero attached hydrogens (tertiary/aromatic N) is 2. The third-order valence-corrected chi connectivity index (χ3v) is 5.33. The van der Waals surface area contributed by atoms with Gasteiger partial charge in [-0.2, -0.15) is 22.0 Å². The smallest absolute Gasteiger partial charge is 0.456 e. The summed E-state index contributed by atoms with van der Waals surface area (Å²) in [5.41, 5.74) is -0.00534. The summed E-state index contributed by atoms with van der Waals surface area (Å²) < 4.78 is 96.2. The van der Waals surface area contributed by atoms with Crippen molar-refractivity contribution in [3.05, 3.63) is 30.5 Å². The van der Waals surface area contributed by atoms with Crippen molar-refractivity contribution in [2.75, 3.05) is 19.5 Å². The maximum absolute atomic E-state index is 12.9. The van der Waals surface area contributed by atoms with E-state index in [-0.39, 0.29) is 33.7 Å². The molecule has 0 aliphatic rings. The van der Waals surface area contributed by atoms with Gasteiger partial charge in [0.2, 0.25) is 5.88 Å². The third-order valence-electron chi connectivity index (χ3n) is 3.57. The number of hydrogen-bond acceptors (Lipinski definition) is 6. The molecule has 28 heavy (non-hydrogen) atoms. The van der Waals surface area contributed by atoms with Crippen LogP contribution in [0.15, 0.2) is 35.4 Å². The number of sulfone groups is 1. The predicted octanol–water partition coefficient (Wildman–Crippen LogP) is 3.52. The highest BCUT2D eigenvalue weighted by Crippen LogP contribution is 2.36. The van der Waals surface area contributed by atoms with E-state index in [4.69, 9.17) is 4.74 Å². The van der Waals surface area contributed by atoms with Gasteiger partial charge in [-0.05, 0) is 18.2 Å². The number of methoxy groups -OCH3 is 1. The largest absolute Gasteiger partial charge is 0.485 e. The minimum Gasteiger partial charge on any atom is -0.485 e. The zero-order chi connectivity index (χ0) is 21.2. The van der Waals surface area contributed by atoms with Gasteiger partial charge in [-0.3, -0.25) is 4.98 Å². The highest BCUT2D eigenvalue weighted by molar-refractivity contribution is 7.91. The van der Waals surface area contributed by atoms with Crippen LogP contribution in [0, 0.1) is 0 Å². The van der Waals surface area contributed by atoms with Crippen molar-refractivity contribution in [1.29, 1.82) is 0 Å². The molecule has 0 saturated carbocycles. The van der Waals surface area contributed by atoms with Gasteiger partial charge in [-0.15, -0.1) is 0 Å². The molecule has 0 atom stereocenters. The molecule has 0 aromatic carbocycles. The number of ether oxygens (including phenoxy) is 2. The second-order valence-electron chi connectivity index (χ2n) is 5.47. The Balaban J connectivity index is 2.33. The first kappa shape index (κ1) is 21.8. The molecule has 0 aliphatic heterocycles. The minimum atomic E-state index is -5.74. The lowest BCUT2D eigenvalue weighted by Crippen LogP contribution is -2.41. The van der Waals surface area contributed by atoms with E-state index in [9.17, 15) is 30.4 Å². The van der Waals surface area contributed by atoms with Gasteiger partial charge >= 0.3 is 12.1 Å².